The summed E-state index contributed by atoms with van der Waals surface area (Å²) >= 11 is 6.54. The second-order valence-corrected chi connectivity index (χ2v) is 8.63. The summed E-state index contributed by atoms with van der Waals surface area (Å²) in [4.78, 5) is 28.8. The number of fused-ring (bicyclic) bond motifs is 1. The number of nitrogens with zero attached hydrogens (tertiary/aromatic N) is 1. The van der Waals surface area contributed by atoms with Crippen LogP contribution in [0.2, 0.25) is 5.02 Å². The van der Waals surface area contributed by atoms with Crippen LogP contribution in [-0.2, 0) is 4.79 Å². The van der Waals surface area contributed by atoms with Gasteiger partial charge in [0, 0.05) is 34.0 Å². The summed E-state index contributed by atoms with van der Waals surface area (Å²) < 4.78 is 0. The van der Waals surface area contributed by atoms with Crippen LogP contribution in [0, 0.1) is 6.92 Å². The van der Waals surface area contributed by atoms with Gasteiger partial charge in [-0.1, -0.05) is 48.0 Å². The lowest BCUT2D eigenvalue weighted by atomic mass is 9.98. The van der Waals surface area contributed by atoms with E-state index in [0.717, 1.165) is 5.56 Å². The second kappa shape index (κ2) is 8.74. The average molecular weight is 483 g/mol. The molecule has 4 aromatic rings. The molecule has 5 rings (SSSR count). The first kappa shape index (κ1) is 22.4. The molecule has 172 valence electrons. The lowest BCUT2D eigenvalue weighted by molar-refractivity contribution is -0.110. The highest BCUT2D eigenvalue weighted by Gasteiger charge is 2.26. The molecule has 6 nitrogen and oxygen atoms in total. The Balaban J connectivity index is 1.55. The molecule has 1 aliphatic rings. The number of para-hydroxylation sites is 1. The molecule has 35 heavy (non-hydrogen) atoms. The van der Waals surface area contributed by atoms with Gasteiger partial charge in [0.1, 0.15) is 5.75 Å². The monoisotopic (exact) mass is 482 g/mol. The summed E-state index contributed by atoms with van der Waals surface area (Å²) in [5.41, 5.74) is 5.75. The number of aryl methyl sites for hydroxylation is 1. The number of carbonyl (C=O) groups is 2. The Kier molecular flexibility index (Phi) is 5.59. The number of phenolic OH excluding ortho intramolecular Hbond substituents is 1. The minimum atomic E-state index is -1.02. The van der Waals surface area contributed by atoms with Gasteiger partial charge in [-0.25, -0.2) is 4.79 Å². The molecule has 0 saturated carbocycles. The van der Waals surface area contributed by atoms with Gasteiger partial charge in [0.05, 0.1) is 22.0 Å². The summed E-state index contributed by atoms with van der Waals surface area (Å²) in [6.07, 6.45) is 3.33. The van der Waals surface area contributed by atoms with Gasteiger partial charge in [-0.2, -0.15) is 0 Å². The SMILES string of the molecule is Cc1ccc(C=C2C(=O)Nc3cc(Cl)c(-c4ccc(-c5ccccc5O)cn4)cc32)cc1C(=O)O. The molecule has 1 aromatic heterocycles. The molecular formula is C28H19ClN2O4. The lowest BCUT2D eigenvalue weighted by Gasteiger charge is -2.09. The molecule has 0 fully saturated rings. The Bertz CT molecular complexity index is 1540. The number of phenols is 1. The number of pyridine rings is 1. The lowest BCUT2D eigenvalue weighted by Crippen LogP contribution is -2.04. The fourth-order valence-electron chi connectivity index (χ4n) is 4.11. The normalized spacial score (nSPS) is 13.5. The number of rotatable bonds is 4. The number of hydrogen-bond acceptors (Lipinski definition) is 4. The zero-order chi connectivity index (χ0) is 24.7. The van der Waals surface area contributed by atoms with E-state index >= 15 is 0 Å². The van der Waals surface area contributed by atoms with Crippen LogP contribution in [0.15, 0.2) is 72.9 Å². The third kappa shape index (κ3) is 4.16. The van der Waals surface area contributed by atoms with Crippen LogP contribution in [0.25, 0.3) is 34.0 Å². The zero-order valence-corrected chi connectivity index (χ0v) is 19.3. The number of anilines is 1. The number of aromatic hydroxyl groups is 1. The van der Waals surface area contributed by atoms with Crippen molar-refractivity contribution in [1.29, 1.82) is 0 Å². The van der Waals surface area contributed by atoms with Crippen molar-refractivity contribution in [2.75, 3.05) is 5.32 Å². The molecule has 0 bridgehead atoms. The van der Waals surface area contributed by atoms with Gasteiger partial charge in [0.2, 0.25) is 0 Å². The Morgan fingerprint density at radius 1 is 1.00 bits per heavy atom. The van der Waals surface area contributed by atoms with Crippen molar-refractivity contribution in [2.24, 2.45) is 0 Å². The van der Waals surface area contributed by atoms with E-state index < -0.39 is 5.97 Å². The van der Waals surface area contributed by atoms with Crippen molar-refractivity contribution in [3.05, 3.63) is 100 Å². The van der Waals surface area contributed by atoms with Crippen LogP contribution in [0.1, 0.15) is 27.0 Å². The molecule has 0 saturated heterocycles. The maximum absolute atomic E-state index is 12.7. The van der Waals surface area contributed by atoms with E-state index in [-0.39, 0.29) is 17.2 Å². The molecular weight excluding hydrogens is 464 g/mol. The molecule has 0 radical (unpaired) electrons. The summed E-state index contributed by atoms with van der Waals surface area (Å²) in [7, 11) is 0. The van der Waals surface area contributed by atoms with Crippen molar-refractivity contribution in [1.82, 2.24) is 4.98 Å². The van der Waals surface area contributed by atoms with Crippen molar-refractivity contribution in [3.63, 3.8) is 0 Å². The third-order valence-corrected chi connectivity index (χ3v) is 6.26. The van der Waals surface area contributed by atoms with Crippen molar-refractivity contribution in [2.45, 2.75) is 6.92 Å². The van der Waals surface area contributed by atoms with E-state index in [2.05, 4.69) is 10.3 Å². The quantitative estimate of drug-likeness (QED) is 0.297. The van der Waals surface area contributed by atoms with Gasteiger partial charge in [0.25, 0.3) is 5.91 Å². The van der Waals surface area contributed by atoms with E-state index in [1.165, 1.54) is 0 Å². The standard InChI is InChI=1S/C28H19ClN2O4/c1-15-6-7-16(10-19(15)28(34)35)11-21-20-12-22(23(29)13-25(20)31-27(21)33)24-9-8-17(14-30-24)18-4-2-3-5-26(18)32/h2-14,32H,1H3,(H,31,33)(H,34,35). The van der Waals surface area contributed by atoms with Crippen molar-refractivity contribution in [3.8, 4) is 28.1 Å². The number of carboxylic acids is 1. The van der Waals surface area contributed by atoms with Gasteiger partial charge in [-0.15, -0.1) is 0 Å². The first-order valence-corrected chi connectivity index (χ1v) is 11.2. The highest BCUT2D eigenvalue weighted by Crippen LogP contribution is 2.40. The predicted octanol–water partition coefficient (Wildman–Crippen LogP) is 6.27. The summed E-state index contributed by atoms with van der Waals surface area (Å²) in [6.45, 7) is 1.73. The smallest absolute Gasteiger partial charge is 0.335 e. The van der Waals surface area contributed by atoms with Crippen LogP contribution < -0.4 is 5.32 Å². The van der Waals surface area contributed by atoms with Crippen LogP contribution in [0.4, 0.5) is 5.69 Å². The zero-order valence-electron chi connectivity index (χ0n) is 18.5. The number of halogens is 1. The molecule has 1 aliphatic heterocycles. The largest absolute Gasteiger partial charge is 0.507 e. The molecule has 2 heterocycles. The molecule has 3 aromatic carbocycles. The Morgan fingerprint density at radius 3 is 2.51 bits per heavy atom. The fraction of sp³-hybridized carbons (Fsp3) is 0.0357. The van der Waals surface area contributed by atoms with Crippen molar-refractivity contribution < 1.29 is 19.8 Å². The minimum absolute atomic E-state index is 0.166. The third-order valence-electron chi connectivity index (χ3n) is 5.95. The van der Waals surface area contributed by atoms with Gasteiger partial charge in [-0.05, 0) is 54.5 Å². The number of hydrogen-bond donors (Lipinski definition) is 3. The highest BCUT2D eigenvalue weighted by molar-refractivity contribution is 6.38. The number of carboxylic acid groups (broad SMARTS) is 1. The van der Waals surface area contributed by atoms with Crippen LogP contribution >= 0.6 is 11.6 Å². The average Bonchev–Trinajstić information content (AvgIpc) is 3.13. The first-order valence-electron chi connectivity index (χ1n) is 10.8. The van der Waals surface area contributed by atoms with E-state index in [1.807, 2.05) is 24.3 Å². The molecule has 0 atom stereocenters. The van der Waals surface area contributed by atoms with E-state index in [1.54, 1.807) is 61.7 Å². The first-order chi connectivity index (χ1) is 16.8. The van der Waals surface area contributed by atoms with Gasteiger partial charge in [-0.3, -0.25) is 9.78 Å². The topological polar surface area (TPSA) is 99.5 Å². The van der Waals surface area contributed by atoms with Gasteiger partial charge >= 0.3 is 5.97 Å². The Labute approximate surface area is 206 Å². The molecule has 3 N–H and O–H groups in total. The molecule has 0 unspecified atom stereocenters. The highest BCUT2D eigenvalue weighted by atomic mass is 35.5. The summed E-state index contributed by atoms with van der Waals surface area (Å²) in [5, 5.41) is 22.8. The van der Waals surface area contributed by atoms with Crippen LogP contribution in [0.3, 0.4) is 0 Å². The number of aromatic carboxylic acids is 1. The Hall–Kier alpha value is -4.42. The Morgan fingerprint density at radius 2 is 1.80 bits per heavy atom. The molecule has 7 heteroatoms. The summed E-state index contributed by atoms with van der Waals surface area (Å²) in [5.74, 6) is -1.15. The number of amides is 1. The fourth-order valence-corrected chi connectivity index (χ4v) is 4.37. The molecule has 0 aliphatic carbocycles. The predicted molar refractivity (Wildman–Crippen MR) is 136 cm³/mol. The van der Waals surface area contributed by atoms with E-state index in [9.17, 15) is 19.8 Å². The van der Waals surface area contributed by atoms with Crippen LogP contribution in [-0.4, -0.2) is 27.1 Å². The number of benzene rings is 3. The van der Waals surface area contributed by atoms with Gasteiger partial charge < -0.3 is 15.5 Å². The number of nitrogens with one attached hydrogen (secondary N) is 1. The maximum Gasteiger partial charge on any atom is 0.335 e. The second-order valence-electron chi connectivity index (χ2n) is 8.22. The van der Waals surface area contributed by atoms with Crippen molar-refractivity contribution >= 4 is 40.8 Å². The summed E-state index contributed by atoms with van der Waals surface area (Å²) in [6, 6.07) is 19.2. The van der Waals surface area contributed by atoms with Crippen LogP contribution in [0.5, 0.6) is 5.75 Å². The maximum atomic E-state index is 12.7. The molecule has 1 amide bonds. The van der Waals surface area contributed by atoms with E-state index in [4.69, 9.17) is 11.6 Å². The molecule has 0 spiro atoms. The minimum Gasteiger partial charge on any atom is -0.507 e. The number of aromatic nitrogens is 1. The van der Waals surface area contributed by atoms with Gasteiger partial charge in [0.15, 0.2) is 0 Å². The number of carbonyl (C=O) groups excluding carboxylic acids is 1. The van der Waals surface area contributed by atoms with E-state index in [0.29, 0.717) is 49.8 Å².